The fourth-order valence-electron chi connectivity index (χ4n) is 3.05. The molecule has 25 heavy (non-hydrogen) atoms. The minimum Gasteiger partial charge on any atom is -0.370 e. The Hall–Kier alpha value is -2.80. The number of carbonyl (C=O) groups is 1. The number of anilines is 1. The Balaban J connectivity index is 1.65. The lowest BCUT2D eigenvalue weighted by Gasteiger charge is -2.34. The molecule has 1 aliphatic rings. The lowest BCUT2D eigenvalue weighted by Crippen LogP contribution is -2.39. The van der Waals surface area contributed by atoms with Crippen molar-refractivity contribution < 1.29 is 13.9 Å². The van der Waals surface area contributed by atoms with Crippen molar-refractivity contribution in [2.75, 3.05) is 24.6 Å². The summed E-state index contributed by atoms with van der Waals surface area (Å²) in [4.78, 5) is 17.9. The maximum absolute atomic E-state index is 14.0. The maximum Gasteiger partial charge on any atom is 0.179 e. The third kappa shape index (κ3) is 2.87. The maximum atomic E-state index is 14.0. The molecule has 2 aromatic heterocycles. The van der Waals surface area contributed by atoms with Crippen LogP contribution in [0.1, 0.15) is 29.1 Å². The molecule has 128 valence electrons. The van der Waals surface area contributed by atoms with Gasteiger partial charge < -0.3 is 9.64 Å². The molecule has 0 amide bonds. The fraction of sp³-hybridized carbons (Fsp3) is 0.278. The smallest absolute Gasteiger partial charge is 0.179 e. The van der Waals surface area contributed by atoms with Crippen molar-refractivity contribution in [1.82, 2.24) is 14.6 Å². The summed E-state index contributed by atoms with van der Waals surface area (Å²) in [5, 5.41) is 4.54. The van der Waals surface area contributed by atoms with Gasteiger partial charge >= 0.3 is 0 Å². The molecule has 1 fully saturated rings. The fourth-order valence-corrected chi connectivity index (χ4v) is 3.05. The molecule has 0 saturated carbocycles. The Morgan fingerprint density at radius 2 is 2.12 bits per heavy atom. The van der Waals surface area contributed by atoms with E-state index in [1.165, 1.54) is 19.2 Å². The van der Waals surface area contributed by atoms with Crippen LogP contribution in [0.5, 0.6) is 0 Å². The van der Waals surface area contributed by atoms with Gasteiger partial charge in [0, 0.05) is 19.0 Å². The average Bonchev–Trinajstić information content (AvgIpc) is 3.05. The Morgan fingerprint density at radius 3 is 2.92 bits per heavy atom. The highest BCUT2D eigenvalue weighted by Gasteiger charge is 2.25. The summed E-state index contributed by atoms with van der Waals surface area (Å²) in [6, 6.07) is 10.3. The van der Waals surface area contributed by atoms with Gasteiger partial charge in [-0.1, -0.05) is 18.2 Å². The SMILES string of the molecule is CC(=O)c1cnc2ccc(N3CCOC(c4ccccc4F)C3)nn12. The number of nitrogens with zero attached hydrogens (tertiary/aromatic N) is 4. The van der Waals surface area contributed by atoms with Crippen LogP contribution in [0, 0.1) is 5.82 Å². The molecule has 0 bridgehead atoms. The van der Waals surface area contributed by atoms with Crippen molar-refractivity contribution in [2.24, 2.45) is 0 Å². The molecule has 3 aromatic rings. The van der Waals surface area contributed by atoms with E-state index in [1.807, 2.05) is 17.0 Å². The van der Waals surface area contributed by atoms with Crippen LogP contribution in [0.4, 0.5) is 10.2 Å². The molecule has 0 N–H and O–H groups in total. The standard InChI is InChI=1S/C18H17FN4O2/c1-12(24)15-10-20-17-6-7-18(21-23(15)17)22-8-9-25-16(11-22)13-4-2-3-5-14(13)19/h2-7,10,16H,8-9,11H2,1H3. The van der Waals surface area contributed by atoms with E-state index in [0.29, 0.717) is 42.4 Å². The highest BCUT2D eigenvalue weighted by Crippen LogP contribution is 2.27. The van der Waals surface area contributed by atoms with Gasteiger partial charge in [-0.2, -0.15) is 0 Å². The topological polar surface area (TPSA) is 59.7 Å². The Labute approximate surface area is 143 Å². The second-order valence-corrected chi connectivity index (χ2v) is 5.99. The first-order valence-corrected chi connectivity index (χ1v) is 8.10. The van der Waals surface area contributed by atoms with Gasteiger partial charge in [0.1, 0.15) is 23.4 Å². The molecule has 1 unspecified atom stereocenters. The number of rotatable bonds is 3. The van der Waals surface area contributed by atoms with E-state index in [1.54, 1.807) is 22.7 Å². The quantitative estimate of drug-likeness (QED) is 0.686. The molecular weight excluding hydrogens is 323 g/mol. The van der Waals surface area contributed by atoms with Gasteiger partial charge in [-0.05, 0) is 18.2 Å². The summed E-state index contributed by atoms with van der Waals surface area (Å²) in [6.07, 6.45) is 1.16. The number of fused-ring (bicyclic) bond motifs is 1. The zero-order valence-corrected chi connectivity index (χ0v) is 13.7. The molecule has 1 aliphatic heterocycles. The molecule has 6 nitrogen and oxygen atoms in total. The van der Waals surface area contributed by atoms with Crippen molar-refractivity contribution in [3.8, 4) is 0 Å². The predicted molar refractivity (Wildman–Crippen MR) is 90.3 cm³/mol. The minimum absolute atomic E-state index is 0.0941. The third-order valence-corrected chi connectivity index (χ3v) is 4.35. The number of hydrogen-bond donors (Lipinski definition) is 0. The first-order chi connectivity index (χ1) is 12.1. The van der Waals surface area contributed by atoms with Crippen LogP contribution in [0.2, 0.25) is 0 Å². The van der Waals surface area contributed by atoms with Gasteiger partial charge in [-0.25, -0.2) is 13.9 Å². The predicted octanol–water partition coefficient (Wildman–Crippen LogP) is 2.65. The second kappa shape index (κ2) is 6.25. The lowest BCUT2D eigenvalue weighted by atomic mass is 10.1. The van der Waals surface area contributed by atoms with Crippen LogP contribution >= 0.6 is 0 Å². The number of aromatic nitrogens is 3. The van der Waals surface area contributed by atoms with Crippen molar-refractivity contribution in [3.63, 3.8) is 0 Å². The van der Waals surface area contributed by atoms with Gasteiger partial charge in [-0.15, -0.1) is 5.10 Å². The number of ketones is 1. The number of halogens is 1. The first-order valence-electron chi connectivity index (χ1n) is 8.10. The zero-order chi connectivity index (χ0) is 17.4. The third-order valence-electron chi connectivity index (χ3n) is 4.35. The van der Waals surface area contributed by atoms with E-state index in [-0.39, 0.29) is 17.7 Å². The second-order valence-electron chi connectivity index (χ2n) is 5.99. The molecule has 4 rings (SSSR count). The number of hydrogen-bond acceptors (Lipinski definition) is 5. The first kappa shape index (κ1) is 15.7. The van der Waals surface area contributed by atoms with Gasteiger partial charge in [0.05, 0.1) is 19.3 Å². The van der Waals surface area contributed by atoms with E-state index in [4.69, 9.17) is 4.74 Å². The van der Waals surface area contributed by atoms with Gasteiger partial charge in [0.15, 0.2) is 11.4 Å². The van der Waals surface area contributed by atoms with E-state index in [2.05, 4.69) is 10.1 Å². The van der Waals surface area contributed by atoms with Crippen LogP contribution < -0.4 is 4.90 Å². The summed E-state index contributed by atoms with van der Waals surface area (Å²) in [5.74, 6) is 0.340. The van der Waals surface area contributed by atoms with Crippen LogP contribution in [-0.2, 0) is 4.74 Å². The largest absolute Gasteiger partial charge is 0.370 e. The molecular formula is C18H17FN4O2. The molecule has 7 heteroatoms. The lowest BCUT2D eigenvalue weighted by molar-refractivity contribution is 0.0372. The van der Waals surface area contributed by atoms with Crippen LogP contribution in [-0.4, -0.2) is 40.1 Å². The Bertz CT molecular complexity index is 940. The Kier molecular flexibility index (Phi) is 3.93. The average molecular weight is 340 g/mol. The van der Waals surface area contributed by atoms with E-state index in [0.717, 1.165) is 0 Å². The molecule has 0 spiro atoms. The highest BCUT2D eigenvalue weighted by atomic mass is 19.1. The van der Waals surface area contributed by atoms with E-state index >= 15 is 0 Å². The molecule has 0 radical (unpaired) electrons. The number of morpholine rings is 1. The number of carbonyl (C=O) groups excluding carboxylic acids is 1. The summed E-state index contributed by atoms with van der Waals surface area (Å²) >= 11 is 0. The van der Waals surface area contributed by atoms with Crippen LogP contribution in [0.15, 0.2) is 42.6 Å². The van der Waals surface area contributed by atoms with Crippen molar-refractivity contribution in [2.45, 2.75) is 13.0 Å². The van der Waals surface area contributed by atoms with Crippen molar-refractivity contribution >= 4 is 17.2 Å². The summed E-state index contributed by atoms with van der Waals surface area (Å²) in [7, 11) is 0. The Morgan fingerprint density at radius 1 is 1.28 bits per heavy atom. The molecule has 1 atom stereocenters. The number of benzene rings is 1. The highest BCUT2D eigenvalue weighted by molar-refractivity contribution is 5.92. The summed E-state index contributed by atoms with van der Waals surface area (Å²) in [6.45, 7) is 3.10. The molecule has 3 heterocycles. The van der Waals surface area contributed by atoms with Crippen molar-refractivity contribution in [1.29, 1.82) is 0 Å². The zero-order valence-electron chi connectivity index (χ0n) is 13.7. The van der Waals surface area contributed by atoms with Gasteiger partial charge in [0.2, 0.25) is 0 Å². The van der Waals surface area contributed by atoms with E-state index in [9.17, 15) is 9.18 Å². The monoisotopic (exact) mass is 340 g/mol. The van der Waals surface area contributed by atoms with Crippen molar-refractivity contribution in [3.05, 3.63) is 59.7 Å². The summed E-state index contributed by atoms with van der Waals surface area (Å²) < 4.78 is 21.3. The van der Waals surface area contributed by atoms with Crippen LogP contribution in [0.25, 0.3) is 5.65 Å². The molecule has 1 saturated heterocycles. The minimum atomic E-state index is -0.359. The van der Waals surface area contributed by atoms with Gasteiger partial charge in [-0.3, -0.25) is 4.79 Å². The number of Topliss-reactive ketones (excluding diaryl/α,β-unsaturated/α-hetero) is 1. The number of ether oxygens (including phenoxy) is 1. The molecule has 0 aliphatic carbocycles. The van der Waals surface area contributed by atoms with Gasteiger partial charge in [0.25, 0.3) is 0 Å². The van der Waals surface area contributed by atoms with Crippen LogP contribution in [0.3, 0.4) is 0 Å². The number of imidazole rings is 1. The molecule has 1 aromatic carbocycles. The van der Waals surface area contributed by atoms with E-state index < -0.39 is 0 Å². The normalized spacial score (nSPS) is 17.8. The summed E-state index contributed by atoms with van der Waals surface area (Å²) in [5.41, 5.74) is 1.60.